The van der Waals surface area contributed by atoms with Crippen LogP contribution in [0.2, 0.25) is 0 Å². The summed E-state index contributed by atoms with van der Waals surface area (Å²) in [5, 5.41) is 3.39. The third kappa shape index (κ3) is 4.72. The standard InChI is InChI=1S/C20H25F2N5/c1-15-14-24-7-5-16(15)6-8-25-20(23-2)27-11-9-26(10-12-27)19-13-17(21)3-4-18(19)22/h3-5,7,13-14H,6,8-12H2,1-2H3,(H,23,25). The molecule has 0 bridgehead atoms. The second kappa shape index (κ2) is 8.79. The number of pyridine rings is 1. The van der Waals surface area contributed by atoms with E-state index >= 15 is 0 Å². The van der Waals surface area contributed by atoms with Crippen LogP contribution in [0.4, 0.5) is 14.5 Å². The van der Waals surface area contributed by atoms with Crippen LogP contribution in [0, 0.1) is 18.6 Å². The highest BCUT2D eigenvalue weighted by Gasteiger charge is 2.21. The van der Waals surface area contributed by atoms with Crippen LogP contribution in [0.5, 0.6) is 0 Å². The number of nitrogens with one attached hydrogen (secondary N) is 1. The third-order valence-corrected chi connectivity index (χ3v) is 4.85. The summed E-state index contributed by atoms with van der Waals surface area (Å²) in [5.74, 6) is 0.0267. The van der Waals surface area contributed by atoms with E-state index in [0.29, 0.717) is 31.9 Å². The van der Waals surface area contributed by atoms with Crippen molar-refractivity contribution in [3.63, 3.8) is 0 Å². The Hall–Kier alpha value is -2.70. The molecular weight excluding hydrogens is 348 g/mol. The number of aryl methyl sites for hydroxylation is 1. The Morgan fingerprint density at radius 1 is 1.19 bits per heavy atom. The molecule has 1 N–H and O–H groups in total. The van der Waals surface area contributed by atoms with Crippen LogP contribution in [0.1, 0.15) is 11.1 Å². The van der Waals surface area contributed by atoms with Gasteiger partial charge in [-0.2, -0.15) is 0 Å². The number of hydrogen-bond donors (Lipinski definition) is 1. The summed E-state index contributed by atoms with van der Waals surface area (Å²) in [6.07, 6.45) is 4.57. The molecule has 1 fully saturated rings. The average Bonchev–Trinajstić information content (AvgIpc) is 2.69. The Kier molecular flexibility index (Phi) is 6.21. The zero-order chi connectivity index (χ0) is 19.2. The van der Waals surface area contributed by atoms with Gasteiger partial charge in [0, 0.05) is 58.2 Å². The van der Waals surface area contributed by atoms with Gasteiger partial charge in [0.25, 0.3) is 0 Å². The van der Waals surface area contributed by atoms with Gasteiger partial charge in [-0.15, -0.1) is 0 Å². The molecule has 27 heavy (non-hydrogen) atoms. The first-order valence-corrected chi connectivity index (χ1v) is 9.13. The van der Waals surface area contributed by atoms with Gasteiger partial charge >= 0.3 is 0 Å². The number of nitrogens with zero attached hydrogens (tertiary/aromatic N) is 4. The van der Waals surface area contributed by atoms with Gasteiger partial charge in [-0.3, -0.25) is 9.98 Å². The van der Waals surface area contributed by atoms with Crippen molar-refractivity contribution in [3.05, 3.63) is 59.4 Å². The molecule has 2 heterocycles. The van der Waals surface area contributed by atoms with Crippen molar-refractivity contribution in [1.82, 2.24) is 15.2 Å². The largest absolute Gasteiger partial charge is 0.366 e. The molecular formula is C20H25F2N5. The number of piperazine rings is 1. The van der Waals surface area contributed by atoms with Gasteiger partial charge in [0.2, 0.25) is 0 Å². The summed E-state index contributed by atoms with van der Waals surface area (Å²) >= 11 is 0. The van der Waals surface area contributed by atoms with Crippen molar-refractivity contribution in [3.8, 4) is 0 Å². The minimum Gasteiger partial charge on any atom is -0.366 e. The molecule has 0 unspecified atom stereocenters. The fraction of sp³-hybridized carbons (Fsp3) is 0.400. The van der Waals surface area contributed by atoms with Crippen LogP contribution < -0.4 is 10.2 Å². The van der Waals surface area contributed by atoms with Crippen molar-refractivity contribution in [2.75, 3.05) is 44.7 Å². The van der Waals surface area contributed by atoms with E-state index in [0.717, 1.165) is 25.0 Å². The van der Waals surface area contributed by atoms with Crippen molar-refractivity contribution in [2.24, 2.45) is 4.99 Å². The highest BCUT2D eigenvalue weighted by atomic mass is 19.1. The van der Waals surface area contributed by atoms with Crippen LogP contribution in [-0.4, -0.2) is 55.6 Å². The monoisotopic (exact) mass is 373 g/mol. The zero-order valence-electron chi connectivity index (χ0n) is 15.8. The van der Waals surface area contributed by atoms with Crippen molar-refractivity contribution in [1.29, 1.82) is 0 Å². The van der Waals surface area contributed by atoms with E-state index in [4.69, 9.17) is 0 Å². The molecule has 3 rings (SSSR count). The van der Waals surface area contributed by atoms with Crippen LogP contribution >= 0.6 is 0 Å². The SMILES string of the molecule is CN=C(NCCc1ccncc1C)N1CCN(c2cc(F)ccc2F)CC1. The molecule has 0 radical (unpaired) electrons. The van der Waals surface area contributed by atoms with Crippen molar-refractivity contribution >= 4 is 11.6 Å². The fourth-order valence-corrected chi connectivity index (χ4v) is 3.31. The lowest BCUT2D eigenvalue weighted by Gasteiger charge is -2.37. The first-order chi connectivity index (χ1) is 13.1. The smallest absolute Gasteiger partial charge is 0.193 e. The fourth-order valence-electron chi connectivity index (χ4n) is 3.31. The van der Waals surface area contributed by atoms with E-state index in [-0.39, 0.29) is 5.82 Å². The van der Waals surface area contributed by atoms with Gasteiger partial charge in [-0.25, -0.2) is 8.78 Å². The summed E-state index contributed by atoms with van der Waals surface area (Å²) in [4.78, 5) is 12.5. The number of benzene rings is 1. The number of anilines is 1. The molecule has 5 nitrogen and oxygen atoms in total. The molecule has 144 valence electrons. The number of aliphatic imine (C=N–C) groups is 1. The first kappa shape index (κ1) is 19.1. The van der Waals surface area contributed by atoms with Crippen LogP contribution in [0.3, 0.4) is 0 Å². The maximum Gasteiger partial charge on any atom is 0.193 e. The Morgan fingerprint density at radius 3 is 2.67 bits per heavy atom. The summed E-state index contributed by atoms with van der Waals surface area (Å²) in [7, 11) is 1.76. The summed E-state index contributed by atoms with van der Waals surface area (Å²) in [6.45, 7) is 5.46. The van der Waals surface area contributed by atoms with Gasteiger partial charge < -0.3 is 15.1 Å². The number of halogens is 2. The highest BCUT2D eigenvalue weighted by molar-refractivity contribution is 5.80. The molecule has 0 saturated carbocycles. The third-order valence-electron chi connectivity index (χ3n) is 4.85. The Morgan fingerprint density at radius 2 is 1.96 bits per heavy atom. The van der Waals surface area contributed by atoms with E-state index in [9.17, 15) is 8.78 Å². The topological polar surface area (TPSA) is 43.8 Å². The Bertz CT molecular complexity index is 801. The lowest BCUT2D eigenvalue weighted by Crippen LogP contribution is -2.53. The van der Waals surface area contributed by atoms with Gasteiger partial charge in [-0.05, 0) is 42.7 Å². The highest BCUT2D eigenvalue weighted by Crippen LogP contribution is 2.21. The van der Waals surface area contributed by atoms with E-state index in [1.165, 1.54) is 23.3 Å². The Labute approximate surface area is 158 Å². The van der Waals surface area contributed by atoms with Crippen LogP contribution in [0.15, 0.2) is 41.7 Å². The molecule has 1 aliphatic heterocycles. The lowest BCUT2D eigenvalue weighted by atomic mass is 10.1. The summed E-state index contributed by atoms with van der Waals surface area (Å²) in [5.41, 5.74) is 2.77. The van der Waals surface area contributed by atoms with Gasteiger partial charge in [-0.1, -0.05) is 0 Å². The predicted molar refractivity (Wildman–Crippen MR) is 104 cm³/mol. The molecule has 0 spiro atoms. The Balaban J connectivity index is 1.53. The molecule has 1 saturated heterocycles. The molecule has 7 heteroatoms. The number of aromatic nitrogens is 1. The maximum absolute atomic E-state index is 14.0. The summed E-state index contributed by atoms with van der Waals surface area (Å²) < 4.78 is 27.4. The number of rotatable bonds is 4. The molecule has 2 aromatic rings. The zero-order valence-corrected chi connectivity index (χ0v) is 15.8. The normalized spacial score (nSPS) is 15.2. The average molecular weight is 373 g/mol. The van der Waals surface area contributed by atoms with Crippen LogP contribution in [-0.2, 0) is 6.42 Å². The molecule has 0 aliphatic carbocycles. The maximum atomic E-state index is 14.0. The minimum atomic E-state index is -0.419. The molecule has 0 amide bonds. The molecule has 1 aliphatic rings. The van der Waals surface area contributed by atoms with Crippen molar-refractivity contribution in [2.45, 2.75) is 13.3 Å². The molecule has 0 atom stereocenters. The molecule has 1 aromatic heterocycles. The lowest BCUT2D eigenvalue weighted by molar-refractivity contribution is 0.371. The molecule has 1 aromatic carbocycles. The second-order valence-electron chi connectivity index (χ2n) is 6.60. The van der Waals surface area contributed by atoms with E-state index in [1.54, 1.807) is 7.05 Å². The van der Waals surface area contributed by atoms with Gasteiger partial charge in [0.1, 0.15) is 11.6 Å². The van der Waals surface area contributed by atoms with Crippen LogP contribution in [0.25, 0.3) is 0 Å². The predicted octanol–water partition coefficient (Wildman–Crippen LogP) is 2.61. The summed E-state index contributed by atoms with van der Waals surface area (Å²) in [6, 6.07) is 5.62. The van der Waals surface area contributed by atoms with Gasteiger partial charge in [0.05, 0.1) is 5.69 Å². The quantitative estimate of drug-likeness (QED) is 0.661. The minimum absolute atomic E-state index is 0.325. The second-order valence-corrected chi connectivity index (χ2v) is 6.60. The van der Waals surface area contributed by atoms with Crippen molar-refractivity contribution < 1.29 is 8.78 Å². The number of guanidine groups is 1. The van der Waals surface area contributed by atoms with E-state index < -0.39 is 5.82 Å². The van der Waals surface area contributed by atoms with E-state index in [2.05, 4.69) is 27.1 Å². The first-order valence-electron chi connectivity index (χ1n) is 9.13. The number of hydrogen-bond acceptors (Lipinski definition) is 3. The van der Waals surface area contributed by atoms with E-state index in [1.807, 2.05) is 23.4 Å². The van der Waals surface area contributed by atoms with Gasteiger partial charge in [0.15, 0.2) is 5.96 Å².